The van der Waals surface area contributed by atoms with Crippen molar-refractivity contribution in [2.45, 2.75) is 20.8 Å². The summed E-state index contributed by atoms with van der Waals surface area (Å²) in [6.45, 7) is 5.43. The van der Waals surface area contributed by atoms with Crippen molar-refractivity contribution in [1.82, 2.24) is 0 Å². The van der Waals surface area contributed by atoms with Crippen LogP contribution in [0.15, 0.2) is 11.3 Å². The van der Waals surface area contributed by atoms with Crippen LogP contribution in [0.4, 0.5) is 0 Å². The van der Waals surface area contributed by atoms with Gasteiger partial charge in [-0.15, -0.1) is 0 Å². The van der Waals surface area contributed by atoms with Gasteiger partial charge in [-0.3, -0.25) is 0 Å². The predicted molar refractivity (Wildman–Crippen MR) is 46.7 cm³/mol. The Morgan fingerprint density at radius 3 is 2.38 bits per heavy atom. The Hall–Kier alpha value is -1.50. The summed E-state index contributed by atoms with van der Waals surface area (Å²) in [5, 5.41) is 17.4. The molecule has 0 spiro atoms. The first-order valence-electron chi connectivity index (χ1n) is 4.04. The first-order valence-corrected chi connectivity index (χ1v) is 4.04. The monoisotopic (exact) mass is 183 g/mol. The fraction of sp³-hybridized carbons (Fsp3) is 0.556. The lowest BCUT2D eigenvalue weighted by Gasteiger charge is -2.08. The standard InChI is InChI=1S/C9H13NO3/c1-4-13-8(9(11)12)7(5-10)6(2)3/h6H,4H2,1-3H3,(H,11,12)/b8-7-. The lowest BCUT2D eigenvalue weighted by Crippen LogP contribution is -2.10. The summed E-state index contributed by atoms with van der Waals surface area (Å²) < 4.78 is 4.88. The van der Waals surface area contributed by atoms with Crippen molar-refractivity contribution in [2.24, 2.45) is 5.92 Å². The zero-order valence-corrected chi connectivity index (χ0v) is 8.00. The topological polar surface area (TPSA) is 70.3 Å². The number of ether oxygens (including phenoxy) is 1. The minimum atomic E-state index is -1.19. The van der Waals surface area contributed by atoms with Crippen LogP contribution in [-0.2, 0) is 9.53 Å². The largest absolute Gasteiger partial charge is 0.486 e. The fourth-order valence-electron chi connectivity index (χ4n) is 0.841. The van der Waals surface area contributed by atoms with Crippen LogP contribution in [-0.4, -0.2) is 17.7 Å². The van der Waals surface area contributed by atoms with E-state index in [0.29, 0.717) is 0 Å². The van der Waals surface area contributed by atoms with E-state index in [1.807, 2.05) is 6.07 Å². The molecule has 4 heteroatoms. The molecule has 0 aromatic heterocycles. The second kappa shape index (κ2) is 5.20. The van der Waals surface area contributed by atoms with Gasteiger partial charge < -0.3 is 9.84 Å². The molecule has 0 aliphatic carbocycles. The second-order valence-electron chi connectivity index (χ2n) is 2.75. The number of carbonyl (C=O) groups is 1. The van der Waals surface area contributed by atoms with Gasteiger partial charge in [0.25, 0.3) is 0 Å². The zero-order chi connectivity index (χ0) is 10.4. The van der Waals surface area contributed by atoms with E-state index in [-0.39, 0.29) is 23.9 Å². The Bertz CT molecular complexity index is 261. The molecule has 0 unspecified atom stereocenters. The smallest absolute Gasteiger partial charge is 0.372 e. The molecule has 0 amide bonds. The summed E-state index contributed by atoms with van der Waals surface area (Å²) in [6.07, 6.45) is 0. The van der Waals surface area contributed by atoms with Gasteiger partial charge in [0.15, 0.2) is 0 Å². The van der Waals surface area contributed by atoms with E-state index >= 15 is 0 Å². The van der Waals surface area contributed by atoms with E-state index in [1.54, 1.807) is 20.8 Å². The molecule has 0 aromatic rings. The van der Waals surface area contributed by atoms with E-state index in [1.165, 1.54) is 0 Å². The number of nitrogens with zero attached hydrogens (tertiary/aromatic N) is 1. The molecule has 4 nitrogen and oxygen atoms in total. The summed E-state index contributed by atoms with van der Waals surface area (Å²) in [6, 6.07) is 1.84. The lowest BCUT2D eigenvalue weighted by atomic mass is 10.0. The third-order valence-electron chi connectivity index (χ3n) is 1.43. The number of aliphatic carboxylic acids is 1. The third-order valence-corrected chi connectivity index (χ3v) is 1.43. The molecule has 0 aliphatic rings. The van der Waals surface area contributed by atoms with Crippen molar-refractivity contribution in [3.05, 3.63) is 11.3 Å². The molecule has 0 heterocycles. The fourth-order valence-corrected chi connectivity index (χ4v) is 0.841. The summed E-state index contributed by atoms with van der Waals surface area (Å²) in [5.74, 6) is -1.56. The van der Waals surface area contributed by atoms with Crippen molar-refractivity contribution in [3.8, 4) is 6.07 Å². The van der Waals surface area contributed by atoms with E-state index in [2.05, 4.69) is 0 Å². The zero-order valence-electron chi connectivity index (χ0n) is 8.00. The lowest BCUT2D eigenvalue weighted by molar-refractivity contribution is -0.136. The SMILES string of the molecule is CCO/C(C(=O)O)=C(/C#N)C(C)C. The second-order valence-corrected chi connectivity index (χ2v) is 2.75. The van der Waals surface area contributed by atoms with Gasteiger partial charge in [-0.05, 0) is 12.8 Å². The van der Waals surface area contributed by atoms with Crippen LogP contribution in [0, 0.1) is 17.2 Å². The summed E-state index contributed by atoms with van der Waals surface area (Å²) in [5.41, 5.74) is 0.175. The molecule has 72 valence electrons. The molecule has 0 aromatic carbocycles. The number of hydrogen-bond donors (Lipinski definition) is 1. The van der Waals surface area contributed by atoms with Gasteiger partial charge in [0.1, 0.15) is 0 Å². The highest BCUT2D eigenvalue weighted by atomic mass is 16.5. The first-order chi connectivity index (χ1) is 6.04. The Morgan fingerprint density at radius 2 is 2.15 bits per heavy atom. The van der Waals surface area contributed by atoms with Crippen molar-refractivity contribution < 1.29 is 14.6 Å². The average Bonchev–Trinajstić information content (AvgIpc) is 2.03. The minimum Gasteiger partial charge on any atom is -0.486 e. The molecule has 0 rings (SSSR count). The van der Waals surface area contributed by atoms with E-state index in [4.69, 9.17) is 15.1 Å². The van der Waals surface area contributed by atoms with Gasteiger partial charge in [-0.2, -0.15) is 5.26 Å². The molecule has 0 fully saturated rings. The van der Waals surface area contributed by atoms with Crippen LogP contribution in [0.25, 0.3) is 0 Å². The Balaban J connectivity index is 5.04. The van der Waals surface area contributed by atoms with E-state index < -0.39 is 5.97 Å². The van der Waals surface area contributed by atoms with Crippen molar-refractivity contribution >= 4 is 5.97 Å². The van der Waals surface area contributed by atoms with Gasteiger partial charge >= 0.3 is 5.97 Å². The van der Waals surface area contributed by atoms with Crippen molar-refractivity contribution in [1.29, 1.82) is 5.26 Å². The first kappa shape index (κ1) is 11.5. The van der Waals surface area contributed by atoms with Crippen molar-refractivity contribution in [2.75, 3.05) is 6.61 Å². The molecule has 0 bridgehead atoms. The van der Waals surface area contributed by atoms with Crippen LogP contribution < -0.4 is 0 Å². The van der Waals surface area contributed by atoms with E-state index in [0.717, 1.165) is 0 Å². The molecule has 0 radical (unpaired) electrons. The number of carboxylic acid groups (broad SMARTS) is 1. The summed E-state index contributed by atoms with van der Waals surface area (Å²) in [7, 11) is 0. The Morgan fingerprint density at radius 1 is 1.62 bits per heavy atom. The van der Waals surface area contributed by atoms with E-state index in [9.17, 15) is 4.79 Å². The van der Waals surface area contributed by atoms with Gasteiger partial charge in [0.05, 0.1) is 18.2 Å². The molecule has 0 atom stereocenters. The molecule has 0 saturated heterocycles. The molecule has 0 aliphatic heterocycles. The maximum Gasteiger partial charge on any atom is 0.372 e. The Kier molecular flexibility index (Phi) is 4.60. The number of carboxylic acids is 1. The van der Waals surface area contributed by atoms with Gasteiger partial charge in [0.2, 0.25) is 5.76 Å². The van der Waals surface area contributed by atoms with Gasteiger partial charge in [-0.25, -0.2) is 4.79 Å². The summed E-state index contributed by atoms with van der Waals surface area (Å²) in [4.78, 5) is 10.7. The highest BCUT2D eigenvalue weighted by Crippen LogP contribution is 2.15. The van der Waals surface area contributed by atoms with Crippen LogP contribution in [0.1, 0.15) is 20.8 Å². The van der Waals surface area contributed by atoms with Crippen LogP contribution in [0.5, 0.6) is 0 Å². The number of rotatable bonds is 4. The minimum absolute atomic E-state index is 0.136. The maximum absolute atomic E-state index is 10.7. The van der Waals surface area contributed by atoms with Crippen LogP contribution in [0.3, 0.4) is 0 Å². The van der Waals surface area contributed by atoms with Gasteiger partial charge in [-0.1, -0.05) is 13.8 Å². The molecule has 13 heavy (non-hydrogen) atoms. The third kappa shape index (κ3) is 3.16. The highest BCUT2D eigenvalue weighted by molar-refractivity contribution is 5.86. The Labute approximate surface area is 77.4 Å². The number of hydrogen-bond acceptors (Lipinski definition) is 3. The molecular weight excluding hydrogens is 170 g/mol. The number of allylic oxidation sites excluding steroid dienone is 1. The van der Waals surface area contributed by atoms with Crippen LogP contribution in [0.2, 0.25) is 0 Å². The maximum atomic E-state index is 10.7. The average molecular weight is 183 g/mol. The van der Waals surface area contributed by atoms with Crippen molar-refractivity contribution in [3.63, 3.8) is 0 Å². The molecular formula is C9H13NO3. The molecule has 0 saturated carbocycles. The summed E-state index contributed by atoms with van der Waals surface area (Å²) >= 11 is 0. The molecule has 1 N–H and O–H groups in total. The predicted octanol–water partition coefficient (Wildman–Crippen LogP) is 1.54. The van der Waals surface area contributed by atoms with Gasteiger partial charge in [0, 0.05) is 0 Å². The number of nitriles is 1. The quantitative estimate of drug-likeness (QED) is 0.407. The van der Waals surface area contributed by atoms with Crippen LogP contribution >= 0.6 is 0 Å². The highest BCUT2D eigenvalue weighted by Gasteiger charge is 2.18. The normalized spacial score (nSPS) is 11.9.